The zero-order valence-corrected chi connectivity index (χ0v) is 14.7. The van der Waals surface area contributed by atoms with E-state index >= 15 is 0 Å². The van der Waals surface area contributed by atoms with Crippen LogP contribution in [0.1, 0.15) is 22.6 Å². The van der Waals surface area contributed by atoms with Gasteiger partial charge in [-0.25, -0.2) is 4.98 Å². The van der Waals surface area contributed by atoms with Gasteiger partial charge in [-0.2, -0.15) is 5.26 Å². The Balaban J connectivity index is 1.61. The van der Waals surface area contributed by atoms with Crippen LogP contribution in [0.25, 0.3) is 5.65 Å². The molecule has 3 aromatic rings. The van der Waals surface area contributed by atoms with Crippen LogP contribution in [0, 0.1) is 25.2 Å². The summed E-state index contributed by atoms with van der Waals surface area (Å²) in [5.74, 6) is 0.695. The van der Waals surface area contributed by atoms with Crippen molar-refractivity contribution in [2.75, 3.05) is 5.75 Å². The molecule has 0 saturated heterocycles. The molecule has 3 aromatic heterocycles. The molecule has 0 aromatic carbocycles. The van der Waals surface area contributed by atoms with Gasteiger partial charge in [0.25, 0.3) is 0 Å². The second-order valence-electron chi connectivity index (χ2n) is 5.48. The molecule has 25 heavy (non-hydrogen) atoms. The predicted octanol–water partition coefficient (Wildman–Crippen LogP) is 2.02. The first kappa shape index (κ1) is 16.9. The van der Waals surface area contributed by atoms with Gasteiger partial charge in [0.1, 0.15) is 11.1 Å². The number of nitriles is 1. The van der Waals surface area contributed by atoms with Gasteiger partial charge < -0.3 is 5.32 Å². The minimum absolute atomic E-state index is 0.150. The van der Waals surface area contributed by atoms with Crippen molar-refractivity contribution in [1.29, 1.82) is 5.26 Å². The van der Waals surface area contributed by atoms with Crippen LogP contribution in [-0.2, 0) is 11.3 Å². The molecule has 0 atom stereocenters. The summed E-state index contributed by atoms with van der Waals surface area (Å²) in [5.41, 5.74) is 2.95. The molecular weight excluding hydrogens is 336 g/mol. The highest BCUT2D eigenvalue weighted by atomic mass is 32.2. The van der Waals surface area contributed by atoms with Crippen LogP contribution in [0.3, 0.4) is 0 Å². The summed E-state index contributed by atoms with van der Waals surface area (Å²) in [7, 11) is 0. The van der Waals surface area contributed by atoms with Gasteiger partial charge in [0.15, 0.2) is 11.5 Å². The lowest BCUT2D eigenvalue weighted by Gasteiger charge is -2.07. The maximum absolute atomic E-state index is 12.1. The molecule has 7 nitrogen and oxygen atoms in total. The molecule has 8 heteroatoms. The Kier molecular flexibility index (Phi) is 4.95. The molecule has 0 spiro atoms. The smallest absolute Gasteiger partial charge is 0.230 e. The molecule has 0 aliphatic rings. The third-order valence-electron chi connectivity index (χ3n) is 3.59. The molecule has 3 heterocycles. The number of thioether (sulfide) groups is 1. The van der Waals surface area contributed by atoms with E-state index < -0.39 is 0 Å². The van der Waals surface area contributed by atoms with Gasteiger partial charge >= 0.3 is 0 Å². The zero-order chi connectivity index (χ0) is 17.8. The number of hydrogen-bond donors (Lipinski definition) is 1. The van der Waals surface area contributed by atoms with Gasteiger partial charge in [-0.15, -0.1) is 10.2 Å². The molecule has 0 bridgehead atoms. The summed E-state index contributed by atoms with van der Waals surface area (Å²) in [4.78, 5) is 16.5. The average Bonchev–Trinajstić information content (AvgIpc) is 3.01. The molecule has 0 unspecified atom stereocenters. The highest BCUT2D eigenvalue weighted by Crippen LogP contribution is 2.23. The number of nitrogens with one attached hydrogen (secondary N) is 1. The number of aryl methyl sites for hydroxylation is 2. The largest absolute Gasteiger partial charge is 0.348 e. The zero-order valence-electron chi connectivity index (χ0n) is 13.9. The average molecular weight is 352 g/mol. The maximum atomic E-state index is 12.1. The lowest BCUT2D eigenvalue weighted by Crippen LogP contribution is -2.25. The summed E-state index contributed by atoms with van der Waals surface area (Å²) in [6.07, 6.45) is 1.85. The number of rotatable bonds is 5. The molecular formula is C17H16N6OS. The van der Waals surface area contributed by atoms with E-state index in [-0.39, 0.29) is 18.2 Å². The maximum Gasteiger partial charge on any atom is 0.230 e. The van der Waals surface area contributed by atoms with Crippen LogP contribution in [0.4, 0.5) is 0 Å². The Morgan fingerprint density at radius 3 is 3.00 bits per heavy atom. The Morgan fingerprint density at radius 1 is 1.36 bits per heavy atom. The monoisotopic (exact) mass is 352 g/mol. The fourth-order valence-electron chi connectivity index (χ4n) is 2.42. The van der Waals surface area contributed by atoms with E-state index in [1.807, 2.05) is 48.7 Å². The first-order chi connectivity index (χ1) is 12.1. The van der Waals surface area contributed by atoms with Crippen molar-refractivity contribution in [1.82, 2.24) is 24.9 Å². The van der Waals surface area contributed by atoms with Crippen molar-refractivity contribution in [2.45, 2.75) is 25.4 Å². The SMILES string of the molecule is Cc1cc(C)c(C#N)c(SCC(=O)NCc2nnc3ccccn23)n1. The molecule has 0 radical (unpaired) electrons. The van der Waals surface area contributed by atoms with E-state index in [2.05, 4.69) is 26.6 Å². The second-order valence-corrected chi connectivity index (χ2v) is 6.45. The van der Waals surface area contributed by atoms with Crippen molar-refractivity contribution in [3.05, 3.63) is 53.1 Å². The van der Waals surface area contributed by atoms with Gasteiger partial charge in [0.2, 0.25) is 5.91 Å². The van der Waals surface area contributed by atoms with E-state index in [4.69, 9.17) is 0 Å². The van der Waals surface area contributed by atoms with Gasteiger partial charge in [-0.3, -0.25) is 9.20 Å². The van der Waals surface area contributed by atoms with Crippen molar-refractivity contribution in [2.24, 2.45) is 0 Å². The first-order valence-corrected chi connectivity index (χ1v) is 8.63. The van der Waals surface area contributed by atoms with E-state index in [0.29, 0.717) is 16.4 Å². The van der Waals surface area contributed by atoms with Crippen molar-refractivity contribution in [3.63, 3.8) is 0 Å². The minimum atomic E-state index is -0.150. The van der Waals surface area contributed by atoms with Crippen molar-refractivity contribution in [3.8, 4) is 6.07 Å². The highest BCUT2D eigenvalue weighted by molar-refractivity contribution is 8.00. The number of amides is 1. The fraction of sp³-hybridized carbons (Fsp3) is 0.235. The third kappa shape index (κ3) is 3.78. The lowest BCUT2D eigenvalue weighted by atomic mass is 10.1. The summed E-state index contributed by atoms with van der Waals surface area (Å²) >= 11 is 1.26. The van der Waals surface area contributed by atoms with Gasteiger partial charge in [-0.1, -0.05) is 17.8 Å². The number of aromatic nitrogens is 4. The van der Waals surface area contributed by atoms with E-state index in [9.17, 15) is 10.1 Å². The number of nitrogens with zero attached hydrogens (tertiary/aromatic N) is 5. The number of fused-ring (bicyclic) bond motifs is 1. The van der Waals surface area contributed by atoms with Crippen LogP contribution in [0.5, 0.6) is 0 Å². The summed E-state index contributed by atoms with van der Waals surface area (Å²) in [6.45, 7) is 4.03. The van der Waals surface area contributed by atoms with Crippen molar-refractivity contribution >= 4 is 23.3 Å². The van der Waals surface area contributed by atoms with E-state index in [1.54, 1.807) is 0 Å². The van der Waals surface area contributed by atoms with Gasteiger partial charge in [0, 0.05) is 11.9 Å². The minimum Gasteiger partial charge on any atom is -0.348 e. The predicted molar refractivity (Wildman–Crippen MR) is 94.0 cm³/mol. The van der Waals surface area contributed by atoms with Crippen molar-refractivity contribution < 1.29 is 4.79 Å². The van der Waals surface area contributed by atoms with Crippen LogP contribution in [0.15, 0.2) is 35.5 Å². The normalized spacial score (nSPS) is 10.6. The van der Waals surface area contributed by atoms with Crippen LogP contribution < -0.4 is 5.32 Å². The molecule has 1 amide bonds. The quantitative estimate of drug-likeness (QED) is 0.706. The van der Waals surface area contributed by atoms with Gasteiger partial charge in [0.05, 0.1) is 17.9 Å². The number of carbonyl (C=O) groups is 1. The van der Waals surface area contributed by atoms with Crippen LogP contribution in [0.2, 0.25) is 0 Å². The molecule has 0 aliphatic heterocycles. The Hall–Kier alpha value is -2.92. The first-order valence-electron chi connectivity index (χ1n) is 7.65. The number of pyridine rings is 2. The molecule has 3 rings (SSSR count). The molecule has 0 aliphatic carbocycles. The summed E-state index contributed by atoms with van der Waals surface area (Å²) in [5, 5.41) is 20.8. The Labute approximate surface area is 149 Å². The second kappa shape index (κ2) is 7.32. The van der Waals surface area contributed by atoms with Crippen LogP contribution in [-0.4, -0.2) is 31.2 Å². The standard InChI is InChI=1S/C17H16N6OS/c1-11-7-12(2)20-17(13(11)8-18)25-10-16(24)19-9-15-22-21-14-5-3-4-6-23(14)15/h3-7H,9-10H2,1-2H3,(H,19,24). The lowest BCUT2D eigenvalue weighted by molar-refractivity contribution is -0.118. The third-order valence-corrected chi connectivity index (χ3v) is 4.57. The van der Waals surface area contributed by atoms with Crippen LogP contribution >= 0.6 is 11.8 Å². The topological polar surface area (TPSA) is 96.0 Å². The molecule has 0 saturated carbocycles. The highest BCUT2D eigenvalue weighted by Gasteiger charge is 2.12. The Bertz CT molecular complexity index is 975. The fourth-order valence-corrected chi connectivity index (χ4v) is 3.35. The molecule has 126 valence electrons. The van der Waals surface area contributed by atoms with Gasteiger partial charge in [-0.05, 0) is 37.6 Å². The molecule has 0 fully saturated rings. The Morgan fingerprint density at radius 2 is 2.20 bits per heavy atom. The number of hydrogen-bond acceptors (Lipinski definition) is 6. The summed E-state index contributed by atoms with van der Waals surface area (Å²) < 4.78 is 1.83. The summed E-state index contributed by atoms with van der Waals surface area (Å²) in [6, 6.07) is 9.63. The number of carbonyl (C=O) groups excluding carboxylic acids is 1. The molecule has 1 N–H and O–H groups in total. The van der Waals surface area contributed by atoms with E-state index in [0.717, 1.165) is 16.9 Å². The van der Waals surface area contributed by atoms with E-state index in [1.165, 1.54) is 11.8 Å².